The Labute approximate surface area is 174 Å². The summed E-state index contributed by atoms with van der Waals surface area (Å²) in [4.78, 5) is 1.43. The van der Waals surface area contributed by atoms with Crippen molar-refractivity contribution in [3.8, 4) is 17.1 Å². The van der Waals surface area contributed by atoms with Crippen molar-refractivity contribution in [1.82, 2.24) is 14.3 Å². The van der Waals surface area contributed by atoms with Gasteiger partial charge in [0, 0.05) is 17.5 Å². The van der Waals surface area contributed by atoms with E-state index in [4.69, 9.17) is 17.3 Å². The van der Waals surface area contributed by atoms with E-state index in [1.165, 1.54) is 29.9 Å². The highest BCUT2D eigenvalue weighted by Gasteiger charge is 2.27. The lowest BCUT2D eigenvalue weighted by molar-refractivity contribution is -0.925. The van der Waals surface area contributed by atoms with Crippen LogP contribution in [0.15, 0.2) is 48.5 Å². The smallest absolute Gasteiger partial charge is 0.207 e. The average molecular weight is 416 g/mol. The molecule has 1 aliphatic rings. The normalized spacial score (nSPS) is 14.9. The maximum atomic E-state index is 14.6. The van der Waals surface area contributed by atoms with Crippen LogP contribution in [-0.4, -0.2) is 27.4 Å². The number of nitrogens with zero attached hydrogens (tertiary/aromatic N) is 3. The van der Waals surface area contributed by atoms with Crippen LogP contribution in [0.3, 0.4) is 0 Å². The molecule has 29 heavy (non-hydrogen) atoms. The predicted molar refractivity (Wildman–Crippen MR) is 111 cm³/mol. The van der Waals surface area contributed by atoms with Gasteiger partial charge in [0.2, 0.25) is 4.77 Å². The van der Waals surface area contributed by atoms with Gasteiger partial charge in [-0.1, -0.05) is 37.3 Å². The van der Waals surface area contributed by atoms with E-state index in [2.05, 4.69) is 6.92 Å². The van der Waals surface area contributed by atoms with Gasteiger partial charge in [-0.2, -0.15) is 4.68 Å². The first-order valence-electron chi connectivity index (χ1n) is 10.1. The Balaban J connectivity index is 1.79. The standard InChI is InChI=1S/C22H24F2N4S/c1-2-12-26(14-16-8-9-16)15-27-22(29)28(20-11-10-18(23)13-19(20)24)21(25-27)17-6-4-3-5-7-17/h3-7,10-11,13,16H,2,8-9,12,14-15H2,1H3/p+1. The summed E-state index contributed by atoms with van der Waals surface area (Å²) < 4.78 is 31.9. The quantitative estimate of drug-likeness (QED) is 0.563. The van der Waals surface area contributed by atoms with Gasteiger partial charge in [-0.15, -0.1) is 5.10 Å². The second-order valence-corrected chi connectivity index (χ2v) is 8.07. The molecule has 0 spiro atoms. The molecule has 0 radical (unpaired) electrons. The summed E-state index contributed by atoms with van der Waals surface area (Å²) in [5, 5.41) is 4.76. The van der Waals surface area contributed by atoms with Gasteiger partial charge in [-0.05, 0) is 43.6 Å². The monoisotopic (exact) mass is 415 g/mol. The number of benzene rings is 2. The Kier molecular flexibility index (Phi) is 5.87. The van der Waals surface area contributed by atoms with E-state index >= 15 is 0 Å². The van der Waals surface area contributed by atoms with E-state index in [0.29, 0.717) is 17.3 Å². The largest absolute Gasteiger partial charge is 0.316 e. The molecule has 1 atom stereocenters. The molecule has 3 aromatic rings. The zero-order valence-electron chi connectivity index (χ0n) is 16.4. The van der Waals surface area contributed by atoms with Gasteiger partial charge in [0.05, 0.1) is 18.8 Å². The third kappa shape index (κ3) is 4.46. The van der Waals surface area contributed by atoms with Crippen molar-refractivity contribution in [3.05, 3.63) is 64.9 Å². The van der Waals surface area contributed by atoms with Crippen molar-refractivity contribution in [2.45, 2.75) is 32.9 Å². The van der Waals surface area contributed by atoms with Crippen LogP contribution in [0, 0.1) is 22.3 Å². The van der Waals surface area contributed by atoms with Gasteiger partial charge in [-0.3, -0.25) is 4.57 Å². The van der Waals surface area contributed by atoms with E-state index in [9.17, 15) is 8.78 Å². The molecule has 1 unspecified atom stereocenters. The summed E-state index contributed by atoms with van der Waals surface area (Å²) in [6.07, 6.45) is 3.67. The van der Waals surface area contributed by atoms with Crippen LogP contribution in [0.5, 0.6) is 0 Å². The first-order valence-corrected chi connectivity index (χ1v) is 10.5. The topological polar surface area (TPSA) is 27.2 Å². The highest BCUT2D eigenvalue weighted by atomic mass is 32.1. The van der Waals surface area contributed by atoms with Gasteiger partial charge in [0.25, 0.3) is 0 Å². The van der Waals surface area contributed by atoms with Crippen molar-refractivity contribution in [1.29, 1.82) is 0 Å². The molecule has 4 nitrogen and oxygen atoms in total. The molecule has 0 saturated heterocycles. The number of aromatic nitrogens is 3. The highest BCUT2D eigenvalue weighted by molar-refractivity contribution is 7.71. The number of halogens is 2. The van der Waals surface area contributed by atoms with Gasteiger partial charge in [-0.25, -0.2) is 8.78 Å². The van der Waals surface area contributed by atoms with Crippen LogP contribution in [0.2, 0.25) is 0 Å². The highest BCUT2D eigenvalue weighted by Crippen LogP contribution is 2.27. The van der Waals surface area contributed by atoms with Gasteiger partial charge >= 0.3 is 0 Å². The molecular formula is C22H25F2N4S+. The second-order valence-electron chi connectivity index (χ2n) is 7.71. The lowest BCUT2D eigenvalue weighted by atomic mass is 10.2. The molecule has 1 aliphatic carbocycles. The molecule has 4 rings (SSSR count). The minimum Gasteiger partial charge on any atom is -0.316 e. The fraction of sp³-hybridized carbons (Fsp3) is 0.364. The van der Waals surface area contributed by atoms with Crippen LogP contribution in [0.1, 0.15) is 26.2 Å². The third-order valence-corrected chi connectivity index (χ3v) is 5.67. The summed E-state index contributed by atoms with van der Waals surface area (Å²) >= 11 is 5.71. The van der Waals surface area contributed by atoms with Crippen LogP contribution in [0.4, 0.5) is 8.78 Å². The summed E-state index contributed by atoms with van der Waals surface area (Å²) in [7, 11) is 0. The number of nitrogens with one attached hydrogen (secondary N) is 1. The van der Waals surface area contributed by atoms with Crippen molar-refractivity contribution >= 4 is 12.2 Å². The minimum atomic E-state index is -0.659. The SMILES string of the molecule is CCC[NH+](CC1CC1)Cn1nc(-c2ccccc2)n(-c2ccc(F)cc2F)c1=S. The second kappa shape index (κ2) is 8.55. The Morgan fingerprint density at radius 2 is 1.90 bits per heavy atom. The fourth-order valence-electron chi connectivity index (χ4n) is 3.71. The van der Waals surface area contributed by atoms with Gasteiger partial charge in [0.1, 0.15) is 11.6 Å². The summed E-state index contributed by atoms with van der Waals surface area (Å²) in [5.41, 5.74) is 1.04. The molecule has 1 fully saturated rings. The molecular weight excluding hydrogens is 390 g/mol. The zero-order valence-corrected chi connectivity index (χ0v) is 17.3. The third-order valence-electron chi connectivity index (χ3n) is 5.27. The molecule has 0 bridgehead atoms. The van der Waals surface area contributed by atoms with Crippen molar-refractivity contribution in [2.24, 2.45) is 5.92 Å². The van der Waals surface area contributed by atoms with Gasteiger partial charge < -0.3 is 4.90 Å². The van der Waals surface area contributed by atoms with Gasteiger partial charge in [0.15, 0.2) is 12.5 Å². The van der Waals surface area contributed by atoms with Crippen LogP contribution in [-0.2, 0) is 6.67 Å². The molecule has 1 N–H and O–H groups in total. The molecule has 0 aliphatic heterocycles. The van der Waals surface area contributed by atoms with E-state index in [1.807, 2.05) is 30.3 Å². The van der Waals surface area contributed by atoms with E-state index in [-0.39, 0.29) is 5.69 Å². The Hall–Kier alpha value is -2.38. The van der Waals surface area contributed by atoms with E-state index in [1.54, 1.807) is 9.25 Å². The van der Waals surface area contributed by atoms with Crippen LogP contribution in [0.25, 0.3) is 17.1 Å². The molecule has 1 aromatic heterocycles. The Bertz CT molecular complexity index is 1040. The average Bonchev–Trinajstić information content (AvgIpc) is 3.47. The maximum Gasteiger partial charge on any atom is 0.207 e. The number of hydrogen-bond acceptors (Lipinski definition) is 2. The molecule has 152 valence electrons. The number of quaternary nitrogens is 1. The van der Waals surface area contributed by atoms with Crippen LogP contribution >= 0.6 is 12.2 Å². The summed E-state index contributed by atoms with van der Waals surface area (Å²) in [6, 6.07) is 13.1. The number of rotatable bonds is 8. The van der Waals surface area contributed by atoms with Crippen molar-refractivity contribution < 1.29 is 13.7 Å². The van der Waals surface area contributed by atoms with Crippen molar-refractivity contribution in [2.75, 3.05) is 13.1 Å². The summed E-state index contributed by atoms with van der Waals surface area (Å²) in [5.74, 6) is 0.0716. The molecule has 2 aromatic carbocycles. The van der Waals surface area contributed by atoms with Crippen LogP contribution < -0.4 is 4.90 Å². The first kappa shape index (κ1) is 19.9. The fourth-order valence-corrected chi connectivity index (χ4v) is 4.00. The molecule has 7 heteroatoms. The molecule has 0 amide bonds. The predicted octanol–water partition coefficient (Wildman–Crippen LogP) is 4.01. The maximum absolute atomic E-state index is 14.6. The van der Waals surface area contributed by atoms with Crippen molar-refractivity contribution in [3.63, 3.8) is 0 Å². The molecule has 1 heterocycles. The number of hydrogen-bond donors (Lipinski definition) is 1. The minimum absolute atomic E-state index is 0.209. The lowest BCUT2D eigenvalue weighted by Gasteiger charge is -2.18. The Morgan fingerprint density at radius 3 is 2.55 bits per heavy atom. The summed E-state index contributed by atoms with van der Waals surface area (Å²) in [6.45, 7) is 4.96. The zero-order chi connectivity index (χ0) is 20.4. The molecule has 1 saturated carbocycles. The van der Waals surface area contributed by atoms with E-state index in [0.717, 1.165) is 37.1 Å². The first-order chi connectivity index (χ1) is 14.1. The van der Waals surface area contributed by atoms with E-state index < -0.39 is 11.6 Å². The Morgan fingerprint density at radius 1 is 1.14 bits per heavy atom. The lowest BCUT2D eigenvalue weighted by Crippen LogP contribution is -3.11.